The van der Waals surface area contributed by atoms with Crippen molar-refractivity contribution in [2.75, 3.05) is 7.11 Å². The quantitative estimate of drug-likeness (QED) is 0.640. The maximum absolute atomic E-state index is 12.1. The van der Waals surface area contributed by atoms with Crippen LogP contribution < -0.4 is 4.74 Å². The van der Waals surface area contributed by atoms with E-state index in [2.05, 4.69) is 10.8 Å². The Morgan fingerprint density at radius 1 is 1.55 bits per heavy atom. The van der Waals surface area contributed by atoms with Gasteiger partial charge in [-0.3, -0.25) is 0 Å². The molecule has 0 saturated carbocycles. The maximum atomic E-state index is 12.1. The van der Waals surface area contributed by atoms with Crippen molar-refractivity contribution < 1.29 is 13.5 Å². The molecule has 0 spiro atoms. The molecule has 1 nitrogen and oxygen atoms in total. The van der Waals surface area contributed by atoms with Gasteiger partial charge in [0.2, 0.25) is 0 Å². The molecule has 0 aliphatic rings. The van der Waals surface area contributed by atoms with E-state index in [1.807, 2.05) is 0 Å². The second-order valence-electron chi connectivity index (χ2n) is 1.96. The smallest absolute Gasteiger partial charge is 0.267 e. The zero-order valence-electron chi connectivity index (χ0n) is 5.97. The zero-order valence-corrected chi connectivity index (χ0v) is 5.97. The van der Waals surface area contributed by atoms with Crippen molar-refractivity contribution in [1.82, 2.24) is 0 Å². The summed E-state index contributed by atoms with van der Waals surface area (Å²) >= 11 is 0. The largest absolute Gasteiger partial charge is 0.496 e. The lowest BCUT2D eigenvalue weighted by Crippen LogP contribution is -1.91. The summed E-state index contributed by atoms with van der Waals surface area (Å²) in [6.45, 7) is 0. The lowest BCUT2D eigenvalue weighted by atomic mass is 10.2. The minimum atomic E-state index is -2.50. The molecule has 59 valence electrons. The fourth-order valence-corrected chi connectivity index (χ4v) is 0.783. The van der Waals surface area contributed by atoms with E-state index in [1.165, 1.54) is 25.3 Å². The molecule has 0 N–H and O–H groups in total. The van der Waals surface area contributed by atoms with Crippen molar-refractivity contribution in [2.24, 2.45) is 0 Å². The van der Waals surface area contributed by atoms with Gasteiger partial charge in [0.25, 0.3) is 6.43 Å². The fraction of sp³-hybridized carbons (Fsp3) is 0.250. The second kappa shape index (κ2) is 3.32. The van der Waals surface area contributed by atoms with Crippen LogP contribution in [0, 0.1) is 6.07 Å². The normalized spacial score (nSPS) is 10.2. The number of hydrogen-bond donors (Lipinski definition) is 0. The second-order valence-corrected chi connectivity index (χ2v) is 1.96. The van der Waals surface area contributed by atoms with E-state index in [1.54, 1.807) is 0 Å². The standard InChI is InChI=1S/C8H7F2O/c1-11-7-5-3-2-4-6(7)8(9)10/h2-4,8H,1H3. The lowest BCUT2D eigenvalue weighted by molar-refractivity contribution is 0.147. The third-order valence-electron chi connectivity index (χ3n) is 1.29. The van der Waals surface area contributed by atoms with Crippen LogP contribution in [0.2, 0.25) is 0 Å². The van der Waals surface area contributed by atoms with Gasteiger partial charge in [0.1, 0.15) is 5.75 Å². The van der Waals surface area contributed by atoms with Crippen molar-refractivity contribution in [3.05, 3.63) is 29.8 Å². The van der Waals surface area contributed by atoms with Crippen molar-refractivity contribution >= 4 is 0 Å². The van der Waals surface area contributed by atoms with Crippen LogP contribution in [0.4, 0.5) is 8.78 Å². The van der Waals surface area contributed by atoms with Gasteiger partial charge in [-0.05, 0) is 6.07 Å². The first-order valence-electron chi connectivity index (χ1n) is 3.08. The molecule has 1 aromatic carbocycles. The molecule has 1 rings (SSSR count). The average molecular weight is 157 g/mol. The van der Waals surface area contributed by atoms with Crippen LogP contribution in [0.5, 0.6) is 5.75 Å². The Morgan fingerprint density at radius 3 is 2.73 bits per heavy atom. The Morgan fingerprint density at radius 2 is 2.27 bits per heavy atom. The van der Waals surface area contributed by atoms with E-state index in [-0.39, 0.29) is 11.3 Å². The SMILES string of the molecule is COc1[c]cccc1C(F)F. The molecule has 0 fully saturated rings. The van der Waals surface area contributed by atoms with Gasteiger partial charge in [-0.2, -0.15) is 0 Å². The van der Waals surface area contributed by atoms with Crippen LogP contribution >= 0.6 is 0 Å². The number of rotatable bonds is 2. The number of benzene rings is 1. The fourth-order valence-electron chi connectivity index (χ4n) is 0.783. The summed E-state index contributed by atoms with van der Waals surface area (Å²) in [7, 11) is 1.34. The molecule has 0 aliphatic carbocycles. The first-order chi connectivity index (χ1) is 5.25. The van der Waals surface area contributed by atoms with E-state index < -0.39 is 6.43 Å². The monoisotopic (exact) mass is 157 g/mol. The van der Waals surface area contributed by atoms with Crippen LogP contribution in [-0.4, -0.2) is 7.11 Å². The highest BCUT2D eigenvalue weighted by Gasteiger charge is 2.11. The van der Waals surface area contributed by atoms with Gasteiger partial charge in [0, 0.05) is 6.07 Å². The van der Waals surface area contributed by atoms with Crippen LogP contribution in [0.3, 0.4) is 0 Å². The molecule has 0 bridgehead atoms. The molecule has 0 unspecified atom stereocenters. The number of halogens is 2. The maximum Gasteiger partial charge on any atom is 0.267 e. The molecule has 11 heavy (non-hydrogen) atoms. The van der Waals surface area contributed by atoms with Crippen molar-refractivity contribution in [1.29, 1.82) is 0 Å². The summed E-state index contributed by atoms with van der Waals surface area (Å²) in [4.78, 5) is 0. The average Bonchev–Trinajstić information content (AvgIpc) is 2.04. The molecule has 0 amide bonds. The number of ether oxygens (including phenoxy) is 1. The third-order valence-corrected chi connectivity index (χ3v) is 1.29. The van der Waals surface area contributed by atoms with Gasteiger partial charge >= 0.3 is 0 Å². The number of methoxy groups -OCH3 is 1. The number of hydrogen-bond acceptors (Lipinski definition) is 1. The predicted molar refractivity (Wildman–Crippen MR) is 36.8 cm³/mol. The Kier molecular flexibility index (Phi) is 2.41. The Balaban J connectivity index is 3.02. The molecule has 1 radical (unpaired) electrons. The van der Waals surface area contributed by atoms with Crippen LogP contribution in [-0.2, 0) is 0 Å². The first kappa shape index (κ1) is 7.98. The molecule has 0 heterocycles. The summed E-state index contributed by atoms with van der Waals surface area (Å²) in [5.74, 6) is 0.113. The van der Waals surface area contributed by atoms with Gasteiger partial charge < -0.3 is 4.74 Å². The van der Waals surface area contributed by atoms with Crippen LogP contribution in [0.15, 0.2) is 18.2 Å². The minimum Gasteiger partial charge on any atom is -0.496 e. The topological polar surface area (TPSA) is 9.23 Å². The van der Waals surface area contributed by atoms with E-state index in [4.69, 9.17) is 0 Å². The van der Waals surface area contributed by atoms with Gasteiger partial charge in [-0.1, -0.05) is 12.1 Å². The predicted octanol–water partition coefficient (Wildman–Crippen LogP) is 2.43. The molecule has 0 saturated heterocycles. The highest BCUT2D eigenvalue weighted by atomic mass is 19.3. The summed E-state index contributed by atoms with van der Waals surface area (Å²) in [5.41, 5.74) is -0.116. The zero-order chi connectivity index (χ0) is 8.27. The highest BCUT2D eigenvalue weighted by Crippen LogP contribution is 2.27. The molecule has 0 aromatic heterocycles. The molecular formula is C8H7F2O. The number of alkyl halides is 2. The number of para-hydroxylation sites is 1. The summed E-state index contributed by atoms with van der Waals surface area (Å²) in [6, 6.07) is 6.92. The third kappa shape index (κ3) is 1.67. The van der Waals surface area contributed by atoms with Crippen LogP contribution in [0.1, 0.15) is 12.0 Å². The molecular weight excluding hydrogens is 150 g/mol. The van der Waals surface area contributed by atoms with Gasteiger partial charge in [0.15, 0.2) is 0 Å². The lowest BCUT2D eigenvalue weighted by Gasteiger charge is -2.04. The summed E-state index contributed by atoms with van der Waals surface area (Å²) in [5, 5.41) is 0. The summed E-state index contributed by atoms with van der Waals surface area (Å²) < 4.78 is 28.9. The molecule has 1 aromatic rings. The molecule has 0 atom stereocenters. The van der Waals surface area contributed by atoms with Gasteiger partial charge in [-0.15, -0.1) is 0 Å². The first-order valence-corrected chi connectivity index (χ1v) is 3.08. The van der Waals surface area contributed by atoms with Crippen molar-refractivity contribution in [2.45, 2.75) is 6.43 Å². The highest BCUT2D eigenvalue weighted by molar-refractivity contribution is 5.32. The Labute approximate surface area is 63.6 Å². The van der Waals surface area contributed by atoms with Crippen LogP contribution in [0.25, 0.3) is 0 Å². The molecule has 3 heteroatoms. The Hall–Kier alpha value is -1.12. The Bertz CT molecular complexity index is 235. The summed E-state index contributed by atoms with van der Waals surface area (Å²) in [6.07, 6.45) is -2.50. The van der Waals surface area contributed by atoms with Crippen molar-refractivity contribution in [3.8, 4) is 5.75 Å². The van der Waals surface area contributed by atoms with Gasteiger partial charge in [0.05, 0.1) is 12.7 Å². The van der Waals surface area contributed by atoms with Gasteiger partial charge in [-0.25, -0.2) is 8.78 Å². The van der Waals surface area contributed by atoms with E-state index >= 15 is 0 Å². The van der Waals surface area contributed by atoms with Crippen molar-refractivity contribution in [3.63, 3.8) is 0 Å². The molecule has 0 aliphatic heterocycles. The van der Waals surface area contributed by atoms with E-state index in [0.29, 0.717) is 0 Å². The van der Waals surface area contributed by atoms with E-state index in [9.17, 15) is 8.78 Å². The minimum absolute atomic E-state index is 0.113. The van der Waals surface area contributed by atoms with E-state index in [0.717, 1.165) is 0 Å².